The van der Waals surface area contributed by atoms with Crippen molar-refractivity contribution in [2.75, 3.05) is 26.2 Å². The van der Waals surface area contributed by atoms with Gasteiger partial charge in [0.25, 0.3) is 15.9 Å². The van der Waals surface area contributed by atoms with E-state index in [4.69, 9.17) is 9.52 Å². The van der Waals surface area contributed by atoms with Gasteiger partial charge in [-0.1, -0.05) is 6.92 Å². The minimum absolute atomic E-state index is 0.0144. The normalized spacial score (nSPS) is 16.0. The van der Waals surface area contributed by atoms with E-state index in [1.54, 1.807) is 4.90 Å². The maximum Gasteiger partial charge on any atom is 0.336 e. The molecule has 0 aliphatic carbocycles. The fourth-order valence-corrected chi connectivity index (χ4v) is 5.40. The van der Waals surface area contributed by atoms with Crippen molar-refractivity contribution in [1.82, 2.24) is 14.2 Å². The lowest BCUT2D eigenvalue weighted by atomic mass is 10.2. The summed E-state index contributed by atoms with van der Waals surface area (Å²) in [5.41, 5.74) is 0.202. The number of hydrogen-bond donors (Lipinski definition) is 1. The third kappa shape index (κ3) is 3.37. The summed E-state index contributed by atoms with van der Waals surface area (Å²) in [6, 6.07) is 1.16. The summed E-state index contributed by atoms with van der Waals surface area (Å²) in [4.78, 5) is 29.0. The minimum atomic E-state index is -3.77. The number of nitrogens with zero attached hydrogens (tertiary/aromatic N) is 3. The molecule has 0 aromatic carbocycles. The summed E-state index contributed by atoms with van der Waals surface area (Å²) >= 11 is 0.875. The predicted octanol–water partition coefficient (Wildman–Crippen LogP) is 1.14. The highest BCUT2D eigenvalue weighted by molar-refractivity contribution is 7.91. The smallest absolute Gasteiger partial charge is 0.336 e. The zero-order valence-electron chi connectivity index (χ0n) is 13.9. The van der Waals surface area contributed by atoms with Crippen molar-refractivity contribution in [2.24, 2.45) is 0 Å². The molecule has 1 N–H and O–H groups in total. The first-order valence-corrected chi connectivity index (χ1v) is 10.2. The van der Waals surface area contributed by atoms with E-state index in [-0.39, 0.29) is 47.6 Å². The number of aryl methyl sites for hydroxylation is 1. The molecule has 0 atom stereocenters. The first-order chi connectivity index (χ1) is 12.3. The molecule has 11 heteroatoms. The number of carbonyl (C=O) groups is 2. The summed E-state index contributed by atoms with van der Waals surface area (Å²) in [7, 11) is -3.77. The van der Waals surface area contributed by atoms with Gasteiger partial charge >= 0.3 is 5.97 Å². The summed E-state index contributed by atoms with van der Waals surface area (Å²) in [6.45, 7) is 2.58. The number of sulfonamides is 1. The Labute approximate surface area is 153 Å². The third-order valence-corrected chi connectivity index (χ3v) is 7.42. The molecule has 1 saturated heterocycles. The summed E-state index contributed by atoms with van der Waals surface area (Å²) in [5, 5.41) is 10.2. The van der Waals surface area contributed by atoms with Crippen LogP contribution in [-0.2, 0) is 16.4 Å². The molecule has 0 bridgehead atoms. The molecule has 2 aromatic heterocycles. The van der Waals surface area contributed by atoms with Crippen molar-refractivity contribution in [3.63, 3.8) is 0 Å². The number of carbonyl (C=O) groups excluding carboxylic acids is 1. The Balaban J connectivity index is 1.69. The van der Waals surface area contributed by atoms with Gasteiger partial charge < -0.3 is 14.4 Å². The van der Waals surface area contributed by atoms with Crippen LogP contribution in [-0.4, -0.2) is 65.8 Å². The van der Waals surface area contributed by atoms with E-state index in [9.17, 15) is 18.0 Å². The molecule has 3 heterocycles. The van der Waals surface area contributed by atoms with Crippen LogP contribution >= 0.6 is 11.3 Å². The quantitative estimate of drug-likeness (QED) is 0.800. The lowest BCUT2D eigenvalue weighted by Crippen LogP contribution is -2.50. The Morgan fingerprint density at radius 3 is 2.58 bits per heavy atom. The SMILES string of the molecule is CCc1ocnc1C(=O)N1CCN(S(=O)(=O)c2cc(C(=O)O)cs2)CC1. The van der Waals surface area contributed by atoms with Gasteiger partial charge in [0, 0.05) is 38.0 Å². The van der Waals surface area contributed by atoms with Crippen LogP contribution in [0.1, 0.15) is 33.5 Å². The zero-order chi connectivity index (χ0) is 18.9. The highest BCUT2D eigenvalue weighted by Gasteiger charge is 2.33. The maximum absolute atomic E-state index is 12.6. The monoisotopic (exact) mass is 399 g/mol. The average Bonchev–Trinajstić information content (AvgIpc) is 3.30. The summed E-state index contributed by atoms with van der Waals surface area (Å²) < 4.78 is 31.7. The highest BCUT2D eigenvalue weighted by Crippen LogP contribution is 2.25. The molecule has 1 aliphatic rings. The number of thiophene rings is 1. The van der Waals surface area contributed by atoms with E-state index in [0.717, 1.165) is 17.4 Å². The lowest BCUT2D eigenvalue weighted by Gasteiger charge is -2.33. The Kier molecular flexibility index (Phi) is 5.12. The maximum atomic E-state index is 12.6. The van der Waals surface area contributed by atoms with Crippen molar-refractivity contribution in [3.8, 4) is 0 Å². The largest absolute Gasteiger partial charge is 0.478 e. The second kappa shape index (κ2) is 7.17. The zero-order valence-corrected chi connectivity index (χ0v) is 15.5. The fourth-order valence-electron chi connectivity index (χ4n) is 2.67. The van der Waals surface area contributed by atoms with Gasteiger partial charge in [-0.3, -0.25) is 4.79 Å². The molecule has 0 saturated carbocycles. The molecule has 3 rings (SSSR count). The van der Waals surface area contributed by atoms with Crippen LogP contribution in [0.2, 0.25) is 0 Å². The molecular formula is C15H17N3O6S2. The van der Waals surface area contributed by atoms with Gasteiger partial charge in [0.05, 0.1) is 5.56 Å². The van der Waals surface area contributed by atoms with Gasteiger partial charge in [0.15, 0.2) is 12.1 Å². The van der Waals surface area contributed by atoms with E-state index in [1.165, 1.54) is 16.1 Å². The second-order valence-electron chi connectivity index (χ2n) is 5.63. The van der Waals surface area contributed by atoms with E-state index in [2.05, 4.69) is 4.98 Å². The molecule has 26 heavy (non-hydrogen) atoms. The van der Waals surface area contributed by atoms with Gasteiger partial charge in [-0.15, -0.1) is 11.3 Å². The Bertz CT molecular complexity index is 925. The number of amides is 1. The number of oxazole rings is 1. The van der Waals surface area contributed by atoms with E-state index in [1.807, 2.05) is 6.92 Å². The fraction of sp³-hybridized carbons (Fsp3) is 0.400. The molecule has 1 amide bonds. The Hall–Kier alpha value is -2.24. The molecule has 140 valence electrons. The first kappa shape index (κ1) is 18.5. The molecule has 0 spiro atoms. The number of aromatic carboxylic acids is 1. The number of aromatic nitrogens is 1. The number of carboxylic acid groups (broad SMARTS) is 1. The van der Waals surface area contributed by atoms with Crippen LogP contribution in [0.15, 0.2) is 26.5 Å². The molecule has 0 radical (unpaired) electrons. The van der Waals surface area contributed by atoms with E-state index in [0.29, 0.717) is 12.2 Å². The Morgan fingerprint density at radius 1 is 1.31 bits per heavy atom. The van der Waals surface area contributed by atoms with Gasteiger partial charge in [-0.25, -0.2) is 18.2 Å². The van der Waals surface area contributed by atoms with Crippen LogP contribution in [0.5, 0.6) is 0 Å². The van der Waals surface area contributed by atoms with Crippen LogP contribution in [0, 0.1) is 0 Å². The van der Waals surface area contributed by atoms with Crippen LogP contribution in [0.3, 0.4) is 0 Å². The van der Waals surface area contributed by atoms with E-state index >= 15 is 0 Å². The van der Waals surface area contributed by atoms with Gasteiger partial charge in [0.1, 0.15) is 9.97 Å². The van der Waals surface area contributed by atoms with Crippen LogP contribution in [0.25, 0.3) is 0 Å². The Morgan fingerprint density at radius 2 is 2.00 bits per heavy atom. The molecule has 9 nitrogen and oxygen atoms in total. The molecule has 1 aliphatic heterocycles. The minimum Gasteiger partial charge on any atom is -0.478 e. The van der Waals surface area contributed by atoms with Crippen molar-refractivity contribution in [3.05, 3.63) is 34.9 Å². The topological polar surface area (TPSA) is 121 Å². The molecule has 1 fully saturated rings. The first-order valence-electron chi connectivity index (χ1n) is 7.88. The number of piperazine rings is 1. The number of carboxylic acids is 1. The van der Waals surface area contributed by atoms with Gasteiger partial charge in [0.2, 0.25) is 0 Å². The van der Waals surface area contributed by atoms with Crippen molar-refractivity contribution in [1.29, 1.82) is 0 Å². The number of rotatable bonds is 5. The third-order valence-electron chi connectivity index (χ3n) is 4.11. The van der Waals surface area contributed by atoms with Crippen molar-refractivity contribution < 1.29 is 27.5 Å². The molecular weight excluding hydrogens is 382 g/mol. The predicted molar refractivity (Wildman–Crippen MR) is 91.8 cm³/mol. The summed E-state index contributed by atoms with van der Waals surface area (Å²) in [6.07, 6.45) is 1.77. The van der Waals surface area contributed by atoms with Crippen molar-refractivity contribution in [2.45, 2.75) is 17.6 Å². The van der Waals surface area contributed by atoms with E-state index < -0.39 is 16.0 Å². The molecule has 0 unspecified atom stereocenters. The summed E-state index contributed by atoms with van der Waals surface area (Å²) in [5.74, 6) is -0.945. The second-order valence-corrected chi connectivity index (χ2v) is 8.71. The lowest BCUT2D eigenvalue weighted by molar-refractivity contribution is 0.0684. The van der Waals surface area contributed by atoms with Gasteiger partial charge in [-0.05, 0) is 6.07 Å². The standard InChI is InChI=1S/C15H17N3O6S2/c1-2-11-13(16-9-24-11)14(19)17-3-5-18(6-4-17)26(22,23)12-7-10(8-25-12)15(20)21/h7-9H,2-6H2,1H3,(H,20,21). The van der Waals surface area contributed by atoms with Crippen LogP contribution < -0.4 is 0 Å². The van der Waals surface area contributed by atoms with Gasteiger partial charge in [-0.2, -0.15) is 4.31 Å². The van der Waals surface area contributed by atoms with Crippen molar-refractivity contribution >= 4 is 33.2 Å². The van der Waals surface area contributed by atoms with Crippen LogP contribution in [0.4, 0.5) is 0 Å². The number of hydrogen-bond acceptors (Lipinski definition) is 7. The molecule has 2 aromatic rings. The average molecular weight is 399 g/mol. The highest BCUT2D eigenvalue weighted by atomic mass is 32.2.